The topological polar surface area (TPSA) is 84.5 Å². The summed E-state index contributed by atoms with van der Waals surface area (Å²) >= 11 is 0. The maximum atomic E-state index is 13.1. The molecular formula is C24H20N2O4. The van der Waals surface area contributed by atoms with E-state index >= 15 is 0 Å². The van der Waals surface area contributed by atoms with Gasteiger partial charge >= 0.3 is 0 Å². The quantitative estimate of drug-likeness (QED) is 0.642. The van der Waals surface area contributed by atoms with E-state index < -0.39 is 0 Å². The Morgan fingerprint density at radius 3 is 2.50 bits per heavy atom. The summed E-state index contributed by atoms with van der Waals surface area (Å²) in [6, 6.07) is 19.4. The Balaban J connectivity index is 1.56. The molecule has 0 radical (unpaired) electrons. The van der Waals surface area contributed by atoms with Crippen molar-refractivity contribution in [1.29, 1.82) is 0 Å². The monoisotopic (exact) mass is 400 g/mol. The van der Waals surface area contributed by atoms with Gasteiger partial charge in [-0.1, -0.05) is 48.0 Å². The van der Waals surface area contributed by atoms with Crippen LogP contribution in [-0.4, -0.2) is 24.2 Å². The van der Waals surface area contributed by atoms with Crippen molar-refractivity contribution in [3.63, 3.8) is 0 Å². The van der Waals surface area contributed by atoms with Crippen LogP contribution >= 0.6 is 0 Å². The molecule has 0 unspecified atom stereocenters. The van der Waals surface area contributed by atoms with Crippen molar-refractivity contribution < 1.29 is 19.1 Å². The minimum Gasteiger partial charge on any atom is -0.482 e. The molecule has 0 saturated carbocycles. The third-order valence-corrected chi connectivity index (χ3v) is 4.86. The van der Waals surface area contributed by atoms with Gasteiger partial charge in [0.25, 0.3) is 11.8 Å². The van der Waals surface area contributed by atoms with Crippen molar-refractivity contribution in [2.24, 2.45) is 0 Å². The lowest BCUT2D eigenvalue weighted by Crippen LogP contribution is -2.26. The Morgan fingerprint density at radius 1 is 1.00 bits per heavy atom. The largest absolute Gasteiger partial charge is 0.482 e. The van der Waals surface area contributed by atoms with Crippen LogP contribution in [0.15, 0.2) is 66.7 Å². The summed E-state index contributed by atoms with van der Waals surface area (Å²) in [6.45, 7) is 2.32. The van der Waals surface area contributed by atoms with Gasteiger partial charge in [0.15, 0.2) is 12.4 Å². The molecule has 0 bridgehead atoms. The molecule has 4 rings (SSSR count). The van der Waals surface area contributed by atoms with Crippen molar-refractivity contribution >= 4 is 23.3 Å². The lowest BCUT2D eigenvalue weighted by Gasteiger charge is -2.18. The predicted octanol–water partition coefficient (Wildman–Crippen LogP) is 3.49. The van der Waals surface area contributed by atoms with E-state index in [1.807, 2.05) is 31.2 Å². The van der Waals surface area contributed by atoms with Crippen LogP contribution in [0.25, 0.3) is 0 Å². The third-order valence-electron chi connectivity index (χ3n) is 4.86. The van der Waals surface area contributed by atoms with Gasteiger partial charge in [0.1, 0.15) is 5.75 Å². The number of ether oxygens (including phenoxy) is 1. The number of ketones is 1. The number of nitrogens with one attached hydrogen (secondary N) is 2. The number of carbonyl (C=O) groups is 3. The summed E-state index contributed by atoms with van der Waals surface area (Å²) in [7, 11) is 0. The molecular weight excluding hydrogens is 380 g/mol. The first-order valence-corrected chi connectivity index (χ1v) is 9.55. The Bertz CT molecular complexity index is 1140. The average molecular weight is 400 g/mol. The van der Waals surface area contributed by atoms with Gasteiger partial charge in [-0.05, 0) is 36.8 Å². The van der Waals surface area contributed by atoms with Crippen LogP contribution in [0.2, 0.25) is 0 Å². The van der Waals surface area contributed by atoms with Gasteiger partial charge in [-0.3, -0.25) is 14.4 Å². The lowest BCUT2D eigenvalue weighted by molar-refractivity contribution is -0.118. The fourth-order valence-corrected chi connectivity index (χ4v) is 3.24. The zero-order chi connectivity index (χ0) is 21.1. The number of hydrogen-bond donors (Lipinski definition) is 2. The molecule has 6 heteroatoms. The highest BCUT2D eigenvalue weighted by atomic mass is 16.5. The molecule has 0 aromatic heterocycles. The molecule has 30 heavy (non-hydrogen) atoms. The molecule has 150 valence electrons. The summed E-state index contributed by atoms with van der Waals surface area (Å²) < 4.78 is 5.33. The van der Waals surface area contributed by atoms with Crippen LogP contribution in [0.4, 0.5) is 5.69 Å². The third kappa shape index (κ3) is 4.07. The van der Waals surface area contributed by atoms with Crippen LogP contribution in [0.3, 0.4) is 0 Å². The smallest absolute Gasteiger partial charge is 0.262 e. The van der Waals surface area contributed by atoms with Crippen LogP contribution in [0.5, 0.6) is 5.75 Å². The second-order valence-corrected chi connectivity index (χ2v) is 7.09. The molecule has 0 spiro atoms. The maximum absolute atomic E-state index is 13.1. The van der Waals surface area contributed by atoms with Crippen molar-refractivity contribution in [3.8, 4) is 5.75 Å². The summed E-state index contributed by atoms with van der Waals surface area (Å²) in [5.41, 5.74) is 3.52. The van der Waals surface area contributed by atoms with E-state index in [0.717, 1.165) is 11.1 Å². The number of aryl methyl sites for hydroxylation is 1. The Hall–Kier alpha value is -3.93. The van der Waals surface area contributed by atoms with Crippen molar-refractivity contribution in [2.45, 2.75) is 13.5 Å². The highest BCUT2D eigenvalue weighted by molar-refractivity contribution is 6.16. The number of benzene rings is 3. The van der Waals surface area contributed by atoms with Gasteiger partial charge in [0.05, 0.1) is 11.3 Å². The molecule has 2 amide bonds. The normalized spacial score (nSPS) is 12.4. The molecule has 0 saturated heterocycles. The Kier molecular flexibility index (Phi) is 5.30. The number of rotatable bonds is 5. The number of hydrogen-bond acceptors (Lipinski definition) is 4. The minimum absolute atomic E-state index is 0.0513. The first kappa shape index (κ1) is 19.4. The number of anilines is 1. The molecule has 1 aliphatic heterocycles. The van der Waals surface area contributed by atoms with Crippen LogP contribution in [-0.2, 0) is 11.3 Å². The maximum Gasteiger partial charge on any atom is 0.262 e. The highest BCUT2D eigenvalue weighted by Gasteiger charge is 2.21. The standard InChI is InChI=1S/C24H20N2O4/c1-15-6-8-16(9-7-15)13-25-24(29)19-5-3-2-4-18(19)23(28)17-10-11-21-20(12-17)26-22(27)14-30-21/h2-12H,13-14H2,1H3,(H,25,29)(H,26,27). The average Bonchev–Trinajstić information content (AvgIpc) is 2.77. The van der Waals surface area contributed by atoms with Crippen molar-refractivity contribution in [3.05, 3.63) is 94.5 Å². The fourth-order valence-electron chi connectivity index (χ4n) is 3.24. The second-order valence-electron chi connectivity index (χ2n) is 7.09. The minimum atomic E-state index is -0.325. The number of carbonyl (C=O) groups excluding carboxylic acids is 3. The van der Waals surface area contributed by atoms with Gasteiger partial charge in [0.2, 0.25) is 0 Å². The first-order valence-electron chi connectivity index (χ1n) is 9.55. The molecule has 2 N–H and O–H groups in total. The predicted molar refractivity (Wildman–Crippen MR) is 113 cm³/mol. The second kappa shape index (κ2) is 8.21. The summed E-state index contributed by atoms with van der Waals surface area (Å²) in [6.07, 6.45) is 0. The van der Waals surface area contributed by atoms with E-state index in [9.17, 15) is 14.4 Å². The summed E-state index contributed by atoms with van der Waals surface area (Å²) in [4.78, 5) is 37.4. The first-order chi connectivity index (χ1) is 14.5. The van der Waals surface area contributed by atoms with Crippen molar-refractivity contribution in [1.82, 2.24) is 5.32 Å². The molecule has 1 aliphatic rings. The van der Waals surface area contributed by atoms with E-state index in [4.69, 9.17) is 4.74 Å². The molecule has 6 nitrogen and oxygen atoms in total. The van der Waals surface area contributed by atoms with Crippen LogP contribution in [0, 0.1) is 6.92 Å². The van der Waals surface area contributed by atoms with E-state index in [1.54, 1.807) is 42.5 Å². The van der Waals surface area contributed by atoms with Gasteiger partial charge in [-0.2, -0.15) is 0 Å². The number of fused-ring (bicyclic) bond motifs is 1. The molecule has 3 aromatic rings. The zero-order valence-electron chi connectivity index (χ0n) is 16.4. The Labute approximate surface area is 173 Å². The molecule has 0 aliphatic carbocycles. The van der Waals surface area contributed by atoms with E-state index in [0.29, 0.717) is 34.7 Å². The summed E-state index contributed by atoms with van der Waals surface area (Å²) in [5.74, 6) is -0.397. The van der Waals surface area contributed by atoms with E-state index in [-0.39, 0.29) is 24.2 Å². The van der Waals surface area contributed by atoms with Gasteiger partial charge < -0.3 is 15.4 Å². The SMILES string of the molecule is Cc1ccc(CNC(=O)c2ccccc2C(=O)c2ccc3c(c2)NC(=O)CO3)cc1. The lowest BCUT2D eigenvalue weighted by atomic mass is 9.97. The molecule has 0 atom stereocenters. The molecule has 0 fully saturated rings. The zero-order valence-corrected chi connectivity index (χ0v) is 16.4. The van der Waals surface area contributed by atoms with Gasteiger partial charge in [-0.15, -0.1) is 0 Å². The molecule has 1 heterocycles. The van der Waals surface area contributed by atoms with Gasteiger partial charge in [-0.25, -0.2) is 0 Å². The van der Waals surface area contributed by atoms with Crippen LogP contribution in [0.1, 0.15) is 37.4 Å². The highest BCUT2D eigenvalue weighted by Crippen LogP contribution is 2.29. The molecule has 3 aromatic carbocycles. The van der Waals surface area contributed by atoms with Crippen molar-refractivity contribution in [2.75, 3.05) is 11.9 Å². The van der Waals surface area contributed by atoms with E-state index in [2.05, 4.69) is 10.6 Å². The van der Waals surface area contributed by atoms with Crippen LogP contribution < -0.4 is 15.4 Å². The Morgan fingerprint density at radius 2 is 1.73 bits per heavy atom. The van der Waals surface area contributed by atoms with Gasteiger partial charge in [0, 0.05) is 17.7 Å². The number of amides is 2. The van der Waals surface area contributed by atoms with E-state index in [1.165, 1.54) is 0 Å². The summed E-state index contributed by atoms with van der Waals surface area (Å²) in [5, 5.41) is 5.56. The fraction of sp³-hybridized carbons (Fsp3) is 0.125.